The molecule has 0 saturated heterocycles. The first-order chi connectivity index (χ1) is 10.2. The van der Waals surface area contributed by atoms with E-state index in [4.69, 9.17) is 5.84 Å². The van der Waals surface area contributed by atoms with Gasteiger partial charge in [-0.25, -0.2) is 4.98 Å². The normalized spacial score (nSPS) is 12.8. The first-order valence-electron chi connectivity index (χ1n) is 7.62. The van der Waals surface area contributed by atoms with Gasteiger partial charge in [0.1, 0.15) is 12.2 Å². The Labute approximate surface area is 125 Å². The van der Waals surface area contributed by atoms with E-state index < -0.39 is 0 Å². The van der Waals surface area contributed by atoms with Crippen LogP contribution in [0.25, 0.3) is 0 Å². The second kappa shape index (κ2) is 7.33. The van der Waals surface area contributed by atoms with Gasteiger partial charge < -0.3 is 0 Å². The number of aromatic nitrogens is 5. The van der Waals surface area contributed by atoms with Gasteiger partial charge in [0.25, 0.3) is 0 Å². The highest BCUT2D eigenvalue weighted by Crippen LogP contribution is 2.18. The molecule has 2 aromatic rings. The van der Waals surface area contributed by atoms with E-state index in [1.165, 1.54) is 0 Å². The summed E-state index contributed by atoms with van der Waals surface area (Å²) in [5, 5.41) is 8.85. The summed E-state index contributed by atoms with van der Waals surface area (Å²) in [5.41, 5.74) is 5.08. The van der Waals surface area contributed by atoms with Crippen LogP contribution in [0.2, 0.25) is 0 Å². The lowest BCUT2D eigenvalue weighted by atomic mass is 10.1. The van der Waals surface area contributed by atoms with Crippen molar-refractivity contribution in [2.24, 2.45) is 5.84 Å². The lowest BCUT2D eigenvalue weighted by molar-refractivity contribution is 0.463. The second-order valence-electron chi connectivity index (χ2n) is 5.05. The molecule has 0 bridgehead atoms. The van der Waals surface area contributed by atoms with Crippen molar-refractivity contribution in [3.05, 3.63) is 29.6 Å². The zero-order chi connectivity index (χ0) is 15.2. The van der Waals surface area contributed by atoms with Gasteiger partial charge >= 0.3 is 0 Å². The van der Waals surface area contributed by atoms with E-state index in [1.54, 1.807) is 6.33 Å². The third kappa shape index (κ3) is 3.48. The SMILES string of the molecule is CCCn1ncnc1CC(NN)c1cc(CC)nn1CC. The highest BCUT2D eigenvalue weighted by molar-refractivity contribution is 5.16. The fourth-order valence-electron chi connectivity index (χ4n) is 2.47. The third-order valence-electron chi connectivity index (χ3n) is 3.60. The minimum absolute atomic E-state index is 0.0162. The minimum Gasteiger partial charge on any atom is -0.271 e. The van der Waals surface area contributed by atoms with Crippen LogP contribution >= 0.6 is 0 Å². The summed E-state index contributed by atoms with van der Waals surface area (Å²) in [6, 6.07) is 2.10. The van der Waals surface area contributed by atoms with Crippen LogP contribution in [0.3, 0.4) is 0 Å². The predicted octanol–water partition coefficient (Wildman–Crippen LogP) is 1.21. The maximum atomic E-state index is 5.77. The molecule has 7 nitrogen and oxygen atoms in total. The van der Waals surface area contributed by atoms with Crippen LogP contribution in [0.1, 0.15) is 50.4 Å². The Morgan fingerprint density at radius 1 is 1.29 bits per heavy atom. The van der Waals surface area contributed by atoms with Crippen molar-refractivity contribution < 1.29 is 0 Å². The van der Waals surface area contributed by atoms with Gasteiger partial charge in [-0.1, -0.05) is 13.8 Å². The molecule has 3 N–H and O–H groups in total. The Morgan fingerprint density at radius 2 is 2.10 bits per heavy atom. The van der Waals surface area contributed by atoms with Crippen molar-refractivity contribution >= 4 is 0 Å². The first kappa shape index (κ1) is 15.7. The van der Waals surface area contributed by atoms with Crippen molar-refractivity contribution in [1.82, 2.24) is 30.0 Å². The molecule has 0 amide bonds. The fourth-order valence-corrected chi connectivity index (χ4v) is 2.47. The summed E-state index contributed by atoms with van der Waals surface area (Å²) in [6.07, 6.45) is 4.26. The zero-order valence-electron chi connectivity index (χ0n) is 13.1. The molecular formula is C14H25N7. The summed E-state index contributed by atoms with van der Waals surface area (Å²) in [7, 11) is 0. The molecule has 0 aliphatic heterocycles. The van der Waals surface area contributed by atoms with Crippen molar-refractivity contribution in [1.29, 1.82) is 0 Å². The summed E-state index contributed by atoms with van der Waals surface area (Å²) >= 11 is 0. The fraction of sp³-hybridized carbons (Fsp3) is 0.643. The average molecular weight is 291 g/mol. The Morgan fingerprint density at radius 3 is 2.71 bits per heavy atom. The molecule has 0 radical (unpaired) electrons. The number of hydrogen-bond donors (Lipinski definition) is 2. The van der Waals surface area contributed by atoms with E-state index in [2.05, 4.69) is 47.4 Å². The van der Waals surface area contributed by atoms with Gasteiger partial charge in [-0.15, -0.1) is 0 Å². The molecule has 2 aromatic heterocycles. The smallest absolute Gasteiger partial charge is 0.138 e. The Balaban J connectivity index is 2.23. The van der Waals surface area contributed by atoms with Crippen LogP contribution < -0.4 is 11.3 Å². The van der Waals surface area contributed by atoms with E-state index in [0.717, 1.165) is 43.1 Å². The molecule has 0 spiro atoms. The van der Waals surface area contributed by atoms with Gasteiger partial charge in [0.05, 0.1) is 17.4 Å². The monoisotopic (exact) mass is 291 g/mol. The standard InChI is InChI=1S/C14H25N7/c1-4-7-21-14(16-10-17-21)9-12(18-15)13-8-11(5-2)19-20(13)6-3/h8,10,12,18H,4-7,9,15H2,1-3H3. The van der Waals surface area contributed by atoms with Crippen LogP contribution in [0.4, 0.5) is 0 Å². The number of nitrogens with two attached hydrogens (primary N) is 1. The van der Waals surface area contributed by atoms with Crippen molar-refractivity contribution in [3.63, 3.8) is 0 Å². The van der Waals surface area contributed by atoms with Gasteiger partial charge in [0.15, 0.2) is 0 Å². The molecule has 0 aromatic carbocycles. The quantitative estimate of drug-likeness (QED) is 0.564. The van der Waals surface area contributed by atoms with Gasteiger partial charge in [-0.2, -0.15) is 10.2 Å². The van der Waals surface area contributed by atoms with Crippen molar-refractivity contribution in [2.45, 2.75) is 59.2 Å². The lowest BCUT2D eigenvalue weighted by Gasteiger charge is -2.17. The Bertz CT molecular complexity index is 557. The van der Waals surface area contributed by atoms with Crippen LogP contribution in [-0.4, -0.2) is 24.5 Å². The number of hydrogen-bond acceptors (Lipinski definition) is 5. The van der Waals surface area contributed by atoms with E-state index >= 15 is 0 Å². The van der Waals surface area contributed by atoms with Gasteiger partial charge in [-0.3, -0.25) is 20.6 Å². The van der Waals surface area contributed by atoms with Crippen LogP contribution in [0, 0.1) is 0 Å². The second-order valence-corrected chi connectivity index (χ2v) is 5.05. The molecule has 1 atom stereocenters. The molecule has 0 fully saturated rings. The summed E-state index contributed by atoms with van der Waals surface area (Å²) < 4.78 is 3.95. The first-order valence-corrected chi connectivity index (χ1v) is 7.62. The molecule has 2 heterocycles. The number of rotatable bonds is 8. The minimum atomic E-state index is -0.0162. The number of nitrogens with one attached hydrogen (secondary N) is 1. The molecule has 21 heavy (non-hydrogen) atoms. The average Bonchev–Trinajstić information content (AvgIpc) is 3.11. The molecule has 0 saturated carbocycles. The Kier molecular flexibility index (Phi) is 5.46. The highest BCUT2D eigenvalue weighted by Gasteiger charge is 2.19. The number of aryl methyl sites for hydroxylation is 3. The zero-order valence-corrected chi connectivity index (χ0v) is 13.1. The third-order valence-corrected chi connectivity index (χ3v) is 3.60. The molecule has 0 aliphatic rings. The summed E-state index contributed by atoms with van der Waals surface area (Å²) in [5.74, 6) is 6.72. The maximum Gasteiger partial charge on any atom is 0.138 e. The van der Waals surface area contributed by atoms with E-state index in [9.17, 15) is 0 Å². The van der Waals surface area contributed by atoms with Gasteiger partial charge in [-0.05, 0) is 25.8 Å². The molecule has 2 rings (SSSR count). The molecule has 7 heteroatoms. The predicted molar refractivity (Wildman–Crippen MR) is 81.4 cm³/mol. The van der Waals surface area contributed by atoms with E-state index in [-0.39, 0.29) is 6.04 Å². The molecular weight excluding hydrogens is 266 g/mol. The largest absolute Gasteiger partial charge is 0.271 e. The Hall–Kier alpha value is -1.73. The van der Waals surface area contributed by atoms with Crippen LogP contribution in [0.15, 0.2) is 12.4 Å². The summed E-state index contributed by atoms with van der Waals surface area (Å²) in [6.45, 7) is 8.02. The number of hydrazine groups is 1. The van der Waals surface area contributed by atoms with Gasteiger partial charge in [0.2, 0.25) is 0 Å². The van der Waals surface area contributed by atoms with Crippen LogP contribution in [-0.2, 0) is 25.9 Å². The molecule has 1 unspecified atom stereocenters. The van der Waals surface area contributed by atoms with Crippen LogP contribution in [0.5, 0.6) is 0 Å². The topological polar surface area (TPSA) is 86.6 Å². The number of nitrogens with zero attached hydrogens (tertiary/aromatic N) is 5. The lowest BCUT2D eigenvalue weighted by Crippen LogP contribution is -2.32. The highest BCUT2D eigenvalue weighted by atomic mass is 15.3. The maximum absolute atomic E-state index is 5.77. The van der Waals surface area contributed by atoms with Crippen molar-refractivity contribution in [3.8, 4) is 0 Å². The van der Waals surface area contributed by atoms with Crippen molar-refractivity contribution in [2.75, 3.05) is 0 Å². The van der Waals surface area contributed by atoms with E-state index in [0.29, 0.717) is 6.42 Å². The summed E-state index contributed by atoms with van der Waals surface area (Å²) in [4.78, 5) is 4.36. The van der Waals surface area contributed by atoms with Gasteiger partial charge in [0, 0.05) is 19.5 Å². The molecule has 116 valence electrons. The molecule has 0 aliphatic carbocycles. The van der Waals surface area contributed by atoms with E-state index in [1.807, 2.05) is 9.36 Å².